The normalized spacial score (nSPS) is 14.9. The van der Waals surface area contributed by atoms with Crippen molar-refractivity contribution >= 4 is 5.95 Å². The van der Waals surface area contributed by atoms with Crippen LogP contribution in [0.2, 0.25) is 0 Å². The first kappa shape index (κ1) is 13.4. The summed E-state index contributed by atoms with van der Waals surface area (Å²) in [6.07, 6.45) is 0. The van der Waals surface area contributed by atoms with Gasteiger partial charge in [0.2, 0.25) is 5.95 Å². The van der Waals surface area contributed by atoms with Gasteiger partial charge in [-0.05, 0) is 0 Å². The highest BCUT2D eigenvalue weighted by Crippen LogP contribution is 2.29. The lowest BCUT2D eigenvalue weighted by molar-refractivity contribution is 0.337. The van der Waals surface area contributed by atoms with E-state index in [2.05, 4.69) is 20.1 Å². The van der Waals surface area contributed by atoms with Gasteiger partial charge < -0.3 is 14.4 Å². The van der Waals surface area contributed by atoms with Crippen molar-refractivity contribution in [2.75, 3.05) is 32.2 Å². The first-order valence-electron chi connectivity index (χ1n) is 6.45. The average Bonchev–Trinajstić information content (AvgIpc) is 2.76. The topological polar surface area (TPSA) is 98.2 Å². The molecule has 0 atom stereocenters. The fourth-order valence-electron chi connectivity index (χ4n) is 2.21. The number of rotatable bonds is 4. The van der Waals surface area contributed by atoms with E-state index in [0.29, 0.717) is 5.95 Å². The van der Waals surface area contributed by atoms with E-state index in [1.807, 2.05) is 4.90 Å². The third-order valence-electron chi connectivity index (χ3n) is 3.46. The van der Waals surface area contributed by atoms with Crippen LogP contribution in [-0.2, 0) is 7.05 Å². The molecule has 1 aliphatic rings. The zero-order valence-corrected chi connectivity index (χ0v) is 12.0. The summed E-state index contributed by atoms with van der Waals surface area (Å²) in [6, 6.07) is 2.05. The van der Waals surface area contributed by atoms with Crippen LogP contribution in [0, 0.1) is 0 Å². The zero-order valence-electron chi connectivity index (χ0n) is 12.0. The molecule has 3 heterocycles. The highest BCUT2D eigenvalue weighted by molar-refractivity contribution is 5.39. The number of nitrogens with one attached hydrogen (secondary N) is 1. The van der Waals surface area contributed by atoms with E-state index < -0.39 is 0 Å². The lowest BCUT2D eigenvalue weighted by Gasteiger charge is -2.38. The number of hydrogen-bond acceptors (Lipinski definition) is 7. The Labute approximate surface area is 120 Å². The summed E-state index contributed by atoms with van der Waals surface area (Å²) in [5.41, 5.74) is 0.888. The number of aryl methyl sites for hydroxylation is 1. The van der Waals surface area contributed by atoms with E-state index in [1.54, 1.807) is 13.1 Å². The molecule has 0 aliphatic carbocycles. The third-order valence-corrected chi connectivity index (χ3v) is 3.46. The van der Waals surface area contributed by atoms with Gasteiger partial charge in [-0.2, -0.15) is 9.97 Å². The molecule has 3 rings (SSSR count). The van der Waals surface area contributed by atoms with Crippen LogP contribution in [0.4, 0.5) is 5.95 Å². The van der Waals surface area contributed by atoms with Crippen LogP contribution in [0.15, 0.2) is 10.9 Å². The maximum atomic E-state index is 11.5. The molecule has 9 heteroatoms. The predicted molar refractivity (Wildman–Crippen MR) is 73.9 cm³/mol. The fourth-order valence-corrected chi connectivity index (χ4v) is 2.21. The van der Waals surface area contributed by atoms with Crippen LogP contribution < -0.4 is 19.9 Å². The Morgan fingerprint density at radius 1 is 1.19 bits per heavy atom. The maximum absolute atomic E-state index is 11.5. The van der Waals surface area contributed by atoms with Crippen molar-refractivity contribution in [3.05, 3.63) is 22.1 Å². The van der Waals surface area contributed by atoms with Crippen LogP contribution in [0.5, 0.6) is 12.0 Å². The van der Waals surface area contributed by atoms with Crippen molar-refractivity contribution in [2.45, 2.75) is 5.92 Å². The Hall–Kier alpha value is -2.58. The monoisotopic (exact) mass is 292 g/mol. The predicted octanol–water partition coefficient (Wildman–Crippen LogP) is -0.481. The van der Waals surface area contributed by atoms with Gasteiger partial charge in [0.05, 0.1) is 14.2 Å². The Balaban J connectivity index is 1.75. The number of aromatic nitrogens is 5. The van der Waals surface area contributed by atoms with Crippen molar-refractivity contribution in [3.8, 4) is 12.0 Å². The number of ether oxygens (including phenoxy) is 2. The van der Waals surface area contributed by atoms with Gasteiger partial charge in [-0.25, -0.2) is 0 Å². The SMILES string of the molecule is COc1nc(OC)nc(N2CC(c3cc(=O)n(C)[nH]3)C2)n1. The molecule has 21 heavy (non-hydrogen) atoms. The summed E-state index contributed by atoms with van der Waals surface area (Å²) >= 11 is 0. The van der Waals surface area contributed by atoms with Crippen LogP contribution in [0.1, 0.15) is 11.6 Å². The summed E-state index contributed by atoms with van der Waals surface area (Å²) < 4.78 is 11.5. The molecule has 1 fully saturated rings. The molecule has 1 saturated heterocycles. The van der Waals surface area contributed by atoms with E-state index in [0.717, 1.165) is 18.8 Å². The molecular formula is C12H16N6O3. The standard InChI is InChI=1S/C12H16N6O3/c1-17-9(19)4-8(16-17)7-5-18(6-7)10-13-11(20-2)15-12(14-10)21-3/h4,7,16H,5-6H2,1-3H3. The van der Waals surface area contributed by atoms with Gasteiger partial charge in [0.15, 0.2) is 0 Å². The van der Waals surface area contributed by atoms with Gasteiger partial charge in [-0.15, -0.1) is 4.98 Å². The quantitative estimate of drug-likeness (QED) is 0.812. The molecule has 0 saturated carbocycles. The van der Waals surface area contributed by atoms with Crippen molar-refractivity contribution in [1.82, 2.24) is 24.7 Å². The maximum Gasteiger partial charge on any atom is 0.324 e. The summed E-state index contributed by atoms with van der Waals surface area (Å²) in [5.74, 6) is 0.765. The number of methoxy groups -OCH3 is 2. The lowest BCUT2D eigenvalue weighted by atomic mass is 9.97. The van der Waals surface area contributed by atoms with Gasteiger partial charge in [0, 0.05) is 37.8 Å². The molecule has 0 spiro atoms. The van der Waals surface area contributed by atoms with Crippen molar-refractivity contribution in [2.24, 2.45) is 7.05 Å². The number of H-pyrrole nitrogens is 1. The van der Waals surface area contributed by atoms with Crippen molar-refractivity contribution < 1.29 is 9.47 Å². The van der Waals surface area contributed by atoms with Crippen LogP contribution in [0.25, 0.3) is 0 Å². The van der Waals surface area contributed by atoms with Gasteiger partial charge in [0.1, 0.15) is 0 Å². The Morgan fingerprint density at radius 3 is 2.29 bits per heavy atom. The molecule has 0 unspecified atom stereocenters. The van der Waals surface area contributed by atoms with Crippen LogP contribution >= 0.6 is 0 Å². The molecule has 0 bridgehead atoms. The van der Waals surface area contributed by atoms with Gasteiger partial charge in [-0.1, -0.05) is 0 Å². The highest BCUT2D eigenvalue weighted by atomic mass is 16.5. The molecule has 2 aromatic heterocycles. The largest absolute Gasteiger partial charge is 0.467 e. The Kier molecular flexibility index (Phi) is 3.24. The lowest BCUT2D eigenvalue weighted by Crippen LogP contribution is -2.46. The van der Waals surface area contributed by atoms with Gasteiger partial charge in [-0.3, -0.25) is 14.6 Å². The molecule has 0 amide bonds. The molecule has 2 aromatic rings. The molecule has 0 radical (unpaired) electrons. The number of hydrogen-bond donors (Lipinski definition) is 1. The van der Waals surface area contributed by atoms with Crippen LogP contribution in [-0.4, -0.2) is 52.0 Å². The minimum Gasteiger partial charge on any atom is -0.467 e. The second-order valence-electron chi connectivity index (χ2n) is 4.82. The number of anilines is 1. The van der Waals surface area contributed by atoms with Crippen molar-refractivity contribution in [3.63, 3.8) is 0 Å². The second-order valence-corrected chi connectivity index (χ2v) is 4.82. The highest BCUT2D eigenvalue weighted by Gasteiger charge is 2.32. The summed E-state index contributed by atoms with van der Waals surface area (Å²) in [6.45, 7) is 1.44. The van der Waals surface area contributed by atoms with E-state index >= 15 is 0 Å². The van der Waals surface area contributed by atoms with E-state index in [1.165, 1.54) is 18.9 Å². The van der Waals surface area contributed by atoms with Gasteiger partial charge in [0.25, 0.3) is 5.56 Å². The van der Waals surface area contributed by atoms with Crippen LogP contribution in [0.3, 0.4) is 0 Å². The first-order valence-corrected chi connectivity index (χ1v) is 6.45. The minimum absolute atomic E-state index is 0.0352. The smallest absolute Gasteiger partial charge is 0.324 e. The molecule has 1 N–H and O–H groups in total. The van der Waals surface area contributed by atoms with E-state index in [-0.39, 0.29) is 23.5 Å². The van der Waals surface area contributed by atoms with E-state index in [4.69, 9.17) is 9.47 Å². The van der Waals surface area contributed by atoms with Gasteiger partial charge >= 0.3 is 12.0 Å². The Morgan fingerprint density at radius 2 is 1.81 bits per heavy atom. The first-order chi connectivity index (χ1) is 10.1. The summed E-state index contributed by atoms with van der Waals surface area (Å²) in [7, 11) is 4.68. The second kappa shape index (κ2) is 5.08. The fraction of sp³-hybridized carbons (Fsp3) is 0.500. The molecule has 1 aliphatic heterocycles. The summed E-state index contributed by atoms with van der Waals surface area (Å²) in [4.78, 5) is 25.8. The summed E-state index contributed by atoms with van der Waals surface area (Å²) in [5, 5.41) is 3.04. The minimum atomic E-state index is -0.0352. The molecular weight excluding hydrogens is 276 g/mol. The molecule has 9 nitrogen and oxygen atoms in total. The number of aromatic amines is 1. The third kappa shape index (κ3) is 2.41. The number of nitrogens with zero attached hydrogens (tertiary/aromatic N) is 5. The zero-order chi connectivity index (χ0) is 15.0. The van der Waals surface area contributed by atoms with E-state index in [9.17, 15) is 4.79 Å². The average molecular weight is 292 g/mol. The molecule has 112 valence electrons. The Bertz CT molecular complexity index is 681. The van der Waals surface area contributed by atoms with Crippen molar-refractivity contribution in [1.29, 1.82) is 0 Å². The molecule has 0 aromatic carbocycles.